The maximum Gasteiger partial charge on any atom is 0.335 e. The lowest BCUT2D eigenvalue weighted by molar-refractivity contribution is -0.120. The molecule has 0 radical (unpaired) electrons. The minimum absolute atomic E-state index is 0.0489. The Morgan fingerprint density at radius 2 is 1.77 bits per heavy atom. The number of carbonyl (C=O) groups excluding carboxylic acids is 1. The van der Waals surface area contributed by atoms with Gasteiger partial charge in [-0.25, -0.2) is 4.79 Å². The zero-order valence-corrected chi connectivity index (χ0v) is 19.3. The molecule has 0 aromatic heterocycles. The van der Waals surface area contributed by atoms with Gasteiger partial charge in [0.2, 0.25) is 0 Å². The molecule has 2 aromatic carbocycles. The first-order valence-corrected chi connectivity index (χ1v) is 10.8. The summed E-state index contributed by atoms with van der Waals surface area (Å²) in [7, 11) is 0. The summed E-state index contributed by atoms with van der Waals surface area (Å²) in [6.45, 7) is 12.9. The number of carboxylic acid groups (broad SMARTS) is 1. The SMILES string of the molecule is CC1=N[C@H](CC(C)C)C(=O)N(Cc2ccc(C(C)(C)C)cc2)c2cc(C(=O)O)ccc21. The molecule has 1 N–H and O–H groups in total. The van der Waals surface area contributed by atoms with Gasteiger partial charge in [-0.3, -0.25) is 9.79 Å². The number of hydrogen-bond acceptors (Lipinski definition) is 3. The first kappa shape index (κ1) is 22.7. The molecule has 1 heterocycles. The normalized spacial score (nSPS) is 16.7. The second-order valence-electron chi connectivity index (χ2n) is 9.77. The highest BCUT2D eigenvalue weighted by atomic mass is 16.4. The van der Waals surface area contributed by atoms with E-state index < -0.39 is 12.0 Å². The second kappa shape index (κ2) is 8.66. The summed E-state index contributed by atoms with van der Waals surface area (Å²) in [6, 6.07) is 12.7. The first-order valence-electron chi connectivity index (χ1n) is 10.8. The fourth-order valence-electron chi connectivity index (χ4n) is 3.91. The van der Waals surface area contributed by atoms with Crippen molar-refractivity contribution in [2.75, 3.05) is 4.90 Å². The molecule has 2 aromatic rings. The van der Waals surface area contributed by atoms with E-state index in [1.165, 1.54) is 5.56 Å². The lowest BCUT2D eigenvalue weighted by Crippen LogP contribution is -2.38. The number of amides is 1. The number of benzodiazepines with no additional fused rings is 1. The van der Waals surface area contributed by atoms with E-state index in [0.29, 0.717) is 24.6 Å². The average Bonchev–Trinajstić information content (AvgIpc) is 2.77. The minimum atomic E-state index is -1.01. The Hall–Kier alpha value is -2.95. The van der Waals surface area contributed by atoms with E-state index in [2.05, 4.69) is 46.8 Å². The Kier molecular flexibility index (Phi) is 6.35. The van der Waals surface area contributed by atoms with E-state index in [0.717, 1.165) is 16.8 Å². The van der Waals surface area contributed by atoms with Gasteiger partial charge in [0.15, 0.2) is 0 Å². The fourth-order valence-corrected chi connectivity index (χ4v) is 3.91. The summed E-state index contributed by atoms with van der Waals surface area (Å²) in [5.74, 6) is -0.786. The molecule has 164 valence electrons. The molecular formula is C26H32N2O3. The van der Waals surface area contributed by atoms with Gasteiger partial charge in [0.1, 0.15) is 6.04 Å². The number of carbonyl (C=O) groups is 2. The molecule has 5 heteroatoms. The van der Waals surface area contributed by atoms with Gasteiger partial charge < -0.3 is 10.0 Å². The third-order valence-corrected chi connectivity index (χ3v) is 5.68. The molecule has 0 bridgehead atoms. The molecule has 31 heavy (non-hydrogen) atoms. The van der Waals surface area contributed by atoms with E-state index in [1.54, 1.807) is 23.1 Å². The smallest absolute Gasteiger partial charge is 0.335 e. The number of aliphatic imine (C=N–C) groups is 1. The zero-order chi connectivity index (χ0) is 22.9. The molecule has 0 unspecified atom stereocenters. The van der Waals surface area contributed by atoms with Crippen LogP contribution < -0.4 is 4.90 Å². The molecule has 0 spiro atoms. The number of fused-ring (bicyclic) bond motifs is 1. The van der Waals surface area contributed by atoms with Crippen molar-refractivity contribution in [3.8, 4) is 0 Å². The van der Waals surface area contributed by atoms with Gasteiger partial charge in [0.05, 0.1) is 17.8 Å². The van der Waals surface area contributed by atoms with Crippen LogP contribution in [0.4, 0.5) is 5.69 Å². The van der Waals surface area contributed by atoms with Crippen LogP contribution in [0.5, 0.6) is 0 Å². The second-order valence-corrected chi connectivity index (χ2v) is 9.77. The van der Waals surface area contributed by atoms with Crippen molar-refractivity contribution in [2.45, 2.75) is 66.0 Å². The predicted octanol–water partition coefficient (Wildman–Crippen LogP) is 5.45. The van der Waals surface area contributed by atoms with Crippen molar-refractivity contribution in [1.82, 2.24) is 0 Å². The fraction of sp³-hybridized carbons (Fsp3) is 0.423. The van der Waals surface area contributed by atoms with Gasteiger partial charge in [-0.1, -0.05) is 65.0 Å². The molecule has 0 fully saturated rings. The summed E-state index contributed by atoms with van der Waals surface area (Å²) >= 11 is 0. The van der Waals surface area contributed by atoms with Gasteiger partial charge in [0, 0.05) is 11.3 Å². The Labute approximate surface area is 184 Å². The summed E-state index contributed by atoms with van der Waals surface area (Å²) in [4.78, 5) is 31.6. The van der Waals surface area contributed by atoms with Crippen LogP contribution in [0.25, 0.3) is 0 Å². The van der Waals surface area contributed by atoms with E-state index in [1.807, 2.05) is 19.1 Å². The van der Waals surface area contributed by atoms with Gasteiger partial charge >= 0.3 is 5.97 Å². The average molecular weight is 421 g/mol. The summed E-state index contributed by atoms with van der Waals surface area (Å²) < 4.78 is 0. The molecule has 0 saturated carbocycles. The van der Waals surface area contributed by atoms with Crippen LogP contribution in [-0.2, 0) is 16.8 Å². The van der Waals surface area contributed by atoms with Crippen LogP contribution in [0.1, 0.15) is 75.0 Å². The van der Waals surface area contributed by atoms with Crippen LogP contribution in [0.15, 0.2) is 47.5 Å². The zero-order valence-electron chi connectivity index (χ0n) is 19.3. The Balaban J connectivity index is 2.06. The molecule has 1 aliphatic rings. The number of nitrogens with zero attached hydrogens (tertiary/aromatic N) is 2. The Bertz CT molecular complexity index is 1010. The minimum Gasteiger partial charge on any atom is -0.478 e. The topological polar surface area (TPSA) is 70.0 Å². The highest BCUT2D eigenvalue weighted by molar-refractivity contribution is 6.12. The summed E-state index contributed by atoms with van der Waals surface area (Å²) in [6.07, 6.45) is 0.648. The maximum atomic E-state index is 13.6. The quantitative estimate of drug-likeness (QED) is 0.699. The van der Waals surface area contributed by atoms with Crippen molar-refractivity contribution in [3.63, 3.8) is 0 Å². The van der Waals surface area contributed by atoms with Crippen LogP contribution in [0, 0.1) is 5.92 Å². The summed E-state index contributed by atoms with van der Waals surface area (Å²) in [5.41, 5.74) is 4.60. The maximum absolute atomic E-state index is 13.6. The van der Waals surface area contributed by atoms with Gasteiger partial charge in [0.25, 0.3) is 5.91 Å². The highest BCUT2D eigenvalue weighted by Gasteiger charge is 2.31. The molecule has 3 rings (SSSR count). The number of aromatic carboxylic acids is 1. The number of benzene rings is 2. The number of rotatable bonds is 5. The van der Waals surface area contributed by atoms with Crippen LogP contribution >= 0.6 is 0 Å². The standard InChI is InChI=1S/C26H32N2O3/c1-16(2)13-22-24(29)28(15-18-7-10-20(11-8-18)26(4,5)6)23-14-19(25(30)31)9-12-21(23)17(3)27-22/h7-12,14,16,22H,13,15H2,1-6H3,(H,30,31)/t22-/m1/s1. The lowest BCUT2D eigenvalue weighted by atomic mass is 9.86. The number of hydrogen-bond donors (Lipinski definition) is 1. The Morgan fingerprint density at radius 1 is 1.13 bits per heavy atom. The van der Waals surface area contributed by atoms with Crippen molar-refractivity contribution in [2.24, 2.45) is 10.9 Å². The van der Waals surface area contributed by atoms with Gasteiger partial charge in [-0.05, 0) is 47.9 Å². The highest BCUT2D eigenvalue weighted by Crippen LogP contribution is 2.31. The molecular weight excluding hydrogens is 388 g/mol. The van der Waals surface area contributed by atoms with E-state index >= 15 is 0 Å². The van der Waals surface area contributed by atoms with Gasteiger partial charge in [-0.15, -0.1) is 0 Å². The molecule has 1 amide bonds. The molecule has 1 aliphatic heterocycles. The van der Waals surface area contributed by atoms with Crippen molar-refractivity contribution in [1.29, 1.82) is 0 Å². The van der Waals surface area contributed by atoms with E-state index in [9.17, 15) is 14.7 Å². The first-order chi connectivity index (χ1) is 14.5. The monoisotopic (exact) mass is 420 g/mol. The van der Waals surface area contributed by atoms with Crippen molar-refractivity contribution in [3.05, 3.63) is 64.7 Å². The van der Waals surface area contributed by atoms with Crippen molar-refractivity contribution >= 4 is 23.3 Å². The van der Waals surface area contributed by atoms with Gasteiger partial charge in [-0.2, -0.15) is 0 Å². The van der Waals surface area contributed by atoms with E-state index in [-0.39, 0.29) is 16.9 Å². The van der Waals surface area contributed by atoms with Crippen LogP contribution in [0.3, 0.4) is 0 Å². The number of anilines is 1. The largest absolute Gasteiger partial charge is 0.478 e. The predicted molar refractivity (Wildman–Crippen MR) is 125 cm³/mol. The van der Waals surface area contributed by atoms with Crippen molar-refractivity contribution < 1.29 is 14.7 Å². The summed E-state index contributed by atoms with van der Waals surface area (Å²) in [5, 5.41) is 9.51. The number of carboxylic acids is 1. The molecule has 1 atom stereocenters. The van der Waals surface area contributed by atoms with Crippen LogP contribution in [0.2, 0.25) is 0 Å². The lowest BCUT2D eigenvalue weighted by Gasteiger charge is -2.27. The molecule has 0 aliphatic carbocycles. The Morgan fingerprint density at radius 3 is 2.32 bits per heavy atom. The third kappa shape index (κ3) is 5.04. The van der Waals surface area contributed by atoms with E-state index in [4.69, 9.17) is 4.99 Å². The van der Waals surface area contributed by atoms with Crippen LogP contribution in [-0.4, -0.2) is 28.7 Å². The molecule has 0 saturated heterocycles. The molecule has 5 nitrogen and oxygen atoms in total. The third-order valence-electron chi connectivity index (χ3n) is 5.68.